The molecule has 0 fully saturated rings. The number of rotatable bonds is 27. The third kappa shape index (κ3) is 16.2. The zero-order chi connectivity index (χ0) is 56.6. The molecule has 1 aliphatic rings. The summed E-state index contributed by atoms with van der Waals surface area (Å²) >= 11 is 0. The fourth-order valence-corrected chi connectivity index (χ4v) is 8.42. The highest BCUT2D eigenvalue weighted by molar-refractivity contribution is 6.14. The maximum Gasteiger partial charge on any atom is 0.254 e. The monoisotopic (exact) mass is 1070 g/mol. The highest BCUT2D eigenvalue weighted by Gasteiger charge is 2.43. The molecule has 0 saturated carbocycles. The number of nitrogens with two attached hydrogens (primary N) is 1. The van der Waals surface area contributed by atoms with E-state index in [1.165, 1.54) is 31.1 Å². The smallest absolute Gasteiger partial charge is 0.254 e. The number of benzene rings is 2. The summed E-state index contributed by atoms with van der Waals surface area (Å²) in [5.41, 5.74) is 6.14. The number of nitrogens with zero attached hydrogens (tertiary/aromatic N) is 4. The van der Waals surface area contributed by atoms with Crippen LogP contribution < -0.4 is 37.6 Å². The van der Waals surface area contributed by atoms with Crippen LogP contribution in [0.15, 0.2) is 97.5 Å². The van der Waals surface area contributed by atoms with E-state index in [1.54, 1.807) is 49.7 Å². The largest absolute Gasteiger partial charge is 0.387 e. The molecular weight excluding hydrogens is 1000 g/mol. The number of carbonyl (C=O) groups excluding carboxylic acids is 10. The van der Waals surface area contributed by atoms with Gasteiger partial charge in [-0.2, -0.15) is 0 Å². The van der Waals surface area contributed by atoms with E-state index in [0.717, 1.165) is 35.9 Å². The molecule has 77 heavy (non-hydrogen) atoms. The lowest BCUT2D eigenvalue weighted by Crippen LogP contribution is -2.59. The Hall–Kier alpha value is -8.67. The van der Waals surface area contributed by atoms with Crippen molar-refractivity contribution in [1.29, 1.82) is 0 Å². The Morgan fingerprint density at radius 1 is 0.740 bits per heavy atom. The lowest BCUT2D eigenvalue weighted by Gasteiger charge is -2.45. The molecule has 3 heterocycles. The molecule has 1 aliphatic heterocycles. The second-order valence-corrected chi connectivity index (χ2v) is 18.7. The third-order valence-corrected chi connectivity index (χ3v) is 12.9. The van der Waals surface area contributed by atoms with E-state index in [0.29, 0.717) is 16.2 Å². The van der Waals surface area contributed by atoms with Gasteiger partial charge in [0.1, 0.15) is 49.0 Å². The molecule has 0 spiro atoms. The molecule has 5 rings (SSSR count). The van der Waals surface area contributed by atoms with Crippen LogP contribution in [0.5, 0.6) is 0 Å². The molecule has 10 amide bonds. The average molecular weight is 1070 g/mol. The summed E-state index contributed by atoms with van der Waals surface area (Å²) in [5, 5.41) is 25.4. The lowest BCUT2D eigenvalue weighted by molar-refractivity contribution is -0.144. The summed E-state index contributed by atoms with van der Waals surface area (Å²) in [4.78, 5) is 137. The first-order valence-corrected chi connectivity index (χ1v) is 24.6. The third-order valence-electron chi connectivity index (χ3n) is 12.9. The summed E-state index contributed by atoms with van der Waals surface area (Å²) in [6, 6.07) is 11.2. The van der Waals surface area contributed by atoms with Crippen molar-refractivity contribution in [1.82, 2.24) is 51.3 Å². The van der Waals surface area contributed by atoms with Crippen molar-refractivity contribution in [2.24, 2.45) is 11.7 Å². The minimum Gasteiger partial charge on any atom is -0.387 e. The van der Waals surface area contributed by atoms with Crippen LogP contribution in [0.1, 0.15) is 64.3 Å². The minimum absolute atomic E-state index is 0.0597. The van der Waals surface area contributed by atoms with E-state index < -0.39 is 132 Å². The van der Waals surface area contributed by atoms with Crippen LogP contribution in [0.2, 0.25) is 0 Å². The maximum absolute atomic E-state index is 15.4. The van der Waals surface area contributed by atoms with Crippen LogP contribution in [-0.2, 0) is 66.4 Å². The van der Waals surface area contributed by atoms with Crippen molar-refractivity contribution in [3.8, 4) is 11.1 Å². The zero-order valence-electron chi connectivity index (χ0n) is 43.1. The van der Waals surface area contributed by atoms with Gasteiger partial charge in [0.05, 0.1) is 18.4 Å². The van der Waals surface area contributed by atoms with E-state index >= 15 is 4.39 Å². The van der Waals surface area contributed by atoms with Gasteiger partial charge in [-0.05, 0) is 80.6 Å². The van der Waals surface area contributed by atoms with E-state index in [4.69, 9.17) is 5.73 Å². The number of amides is 10. The number of carbonyl (C=O) groups is 10. The summed E-state index contributed by atoms with van der Waals surface area (Å²) in [7, 11) is 0. The van der Waals surface area contributed by atoms with Crippen molar-refractivity contribution in [2.75, 3.05) is 32.8 Å². The molecule has 24 heteroatoms. The van der Waals surface area contributed by atoms with Crippen LogP contribution in [-0.4, -0.2) is 140 Å². The number of nitrogens with one attached hydrogen (secondary N) is 6. The standard InChI is InChI=1S/C53H63F2N11O11/c1-31(2)53(5,42-24-36(38-25-37(54)11-12-39(38)55)28-64(42)27-35-9-7-6-8-10-35)66(48(73)30-67)22-17-40(51(76)59-21-20-58-45(70)29-65-46(71)13-14-47(65)72)62-52(77)41(26-43(56)68)63-50(75)33(4)61-49(74)32(3)60-44(69)23-34-15-18-57-19-16-34/h6-16,18-19,24-25,28,31-33,40-41,67H,17,20-23,26-27,29-30H2,1-5H3,(H2,56,68)(H,58,70)(H,59,76)(H,60,69)(H,61,74)(H,62,77)(H,63,75)/t32-,33+,40-,41-,53?/m0/s1. The predicted molar refractivity (Wildman–Crippen MR) is 274 cm³/mol. The Labute approximate surface area is 442 Å². The van der Waals surface area contributed by atoms with Crippen molar-refractivity contribution in [3.05, 3.63) is 126 Å². The quantitative estimate of drug-likeness (QED) is 0.0294. The first-order valence-electron chi connectivity index (χ1n) is 24.6. The van der Waals surface area contributed by atoms with E-state index in [1.807, 2.05) is 30.3 Å². The Balaban J connectivity index is 1.41. The summed E-state index contributed by atoms with van der Waals surface area (Å²) in [5.74, 6) is -10.2. The van der Waals surface area contributed by atoms with Crippen molar-refractivity contribution < 1.29 is 61.8 Å². The number of halogens is 2. The number of pyridine rings is 1. The van der Waals surface area contributed by atoms with Gasteiger partial charge in [0.2, 0.25) is 47.3 Å². The highest BCUT2D eigenvalue weighted by Crippen LogP contribution is 2.40. The molecule has 9 N–H and O–H groups in total. The molecule has 0 saturated heterocycles. The number of aromatic nitrogens is 2. The molecule has 0 bridgehead atoms. The minimum atomic E-state index is -1.75. The van der Waals surface area contributed by atoms with Gasteiger partial charge in [0, 0.05) is 73.7 Å². The molecule has 2 aromatic carbocycles. The van der Waals surface area contributed by atoms with Gasteiger partial charge in [0.25, 0.3) is 11.8 Å². The van der Waals surface area contributed by atoms with Gasteiger partial charge < -0.3 is 52.2 Å². The van der Waals surface area contributed by atoms with Crippen molar-refractivity contribution in [2.45, 2.75) is 90.1 Å². The number of primary amides is 1. The molecule has 410 valence electrons. The van der Waals surface area contributed by atoms with Gasteiger partial charge in [-0.1, -0.05) is 44.2 Å². The van der Waals surface area contributed by atoms with Gasteiger partial charge in [-0.15, -0.1) is 0 Å². The van der Waals surface area contributed by atoms with Gasteiger partial charge in [-0.25, -0.2) is 8.78 Å². The first kappa shape index (κ1) is 59.2. The Morgan fingerprint density at radius 2 is 1.36 bits per heavy atom. The van der Waals surface area contributed by atoms with E-state index in [2.05, 4.69) is 36.9 Å². The molecular formula is C53H63F2N11O11. The molecule has 5 atom stereocenters. The topological polar surface area (TPSA) is 313 Å². The highest BCUT2D eigenvalue weighted by atomic mass is 19.1. The Morgan fingerprint density at radius 3 is 2.00 bits per heavy atom. The molecule has 0 aliphatic carbocycles. The summed E-state index contributed by atoms with van der Waals surface area (Å²) < 4.78 is 31.8. The molecule has 2 aromatic heterocycles. The van der Waals surface area contributed by atoms with Crippen LogP contribution in [0.3, 0.4) is 0 Å². The van der Waals surface area contributed by atoms with Gasteiger partial charge in [0.15, 0.2) is 0 Å². The molecule has 22 nitrogen and oxygen atoms in total. The van der Waals surface area contributed by atoms with Crippen LogP contribution in [0.4, 0.5) is 8.78 Å². The van der Waals surface area contributed by atoms with Gasteiger partial charge in [-0.3, -0.25) is 57.8 Å². The second-order valence-electron chi connectivity index (χ2n) is 18.7. The van der Waals surface area contributed by atoms with Crippen LogP contribution in [0, 0.1) is 17.6 Å². The zero-order valence-corrected chi connectivity index (χ0v) is 43.1. The fourth-order valence-electron chi connectivity index (χ4n) is 8.42. The number of imide groups is 1. The van der Waals surface area contributed by atoms with Crippen molar-refractivity contribution in [3.63, 3.8) is 0 Å². The SMILES string of the molecule is CC(C)C(C)(c1cc(-c2cc(F)ccc2F)cn1Cc1ccccc1)N(CC[C@H](NC(=O)[C@H](CC(N)=O)NC(=O)[C@@H](C)NC(=O)[C@H](C)NC(=O)Cc1ccncc1)C(=O)NCCNC(=O)CN1C(=O)C=CC1=O)C(=O)CO. The Bertz CT molecular complexity index is 2850. The lowest BCUT2D eigenvalue weighted by atomic mass is 9.82. The first-order chi connectivity index (χ1) is 36.5. The van der Waals surface area contributed by atoms with Crippen molar-refractivity contribution >= 4 is 59.1 Å². The number of hydrogen-bond acceptors (Lipinski definition) is 12. The number of hydrogen-bond donors (Lipinski definition) is 8. The summed E-state index contributed by atoms with van der Waals surface area (Å²) in [6.45, 7) is 5.57. The Kier molecular flexibility index (Phi) is 20.9. The van der Waals surface area contributed by atoms with E-state index in [-0.39, 0.29) is 43.7 Å². The second kappa shape index (κ2) is 27.2. The fraction of sp³-hybridized carbons (Fsp3) is 0.377. The normalized spacial score (nSPS) is 14.4. The summed E-state index contributed by atoms with van der Waals surface area (Å²) in [6.07, 6.45) is 5.35. The average Bonchev–Trinajstić information content (AvgIpc) is 4.00. The van der Waals surface area contributed by atoms with E-state index in [9.17, 15) is 57.4 Å². The number of aliphatic hydroxyl groups excluding tert-OH is 1. The van der Waals surface area contributed by atoms with Crippen LogP contribution >= 0.6 is 0 Å². The maximum atomic E-state index is 15.4. The number of aliphatic hydroxyl groups is 1. The molecule has 4 aromatic rings. The molecule has 0 radical (unpaired) electrons. The van der Waals surface area contributed by atoms with Gasteiger partial charge >= 0.3 is 0 Å². The molecule has 1 unspecified atom stereocenters. The predicted octanol–water partition coefficient (Wildman–Crippen LogP) is 0.213. The van der Waals surface area contributed by atoms with Crippen LogP contribution in [0.25, 0.3) is 11.1 Å².